The lowest BCUT2D eigenvalue weighted by atomic mass is 10.1. The Hall–Kier alpha value is -3.09. The third-order valence-electron chi connectivity index (χ3n) is 6.15. The predicted molar refractivity (Wildman–Crippen MR) is 140 cm³/mol. The summed E-state index contributed by atoms with van der Waals surface area (Å²) in [6.07, 6.45) is 0.385. The summed E-state index contributed by atoms with van der Waals surface area (Å²) in [4.78, 5) is 43.1. The summed E-state index contributed by atoms with van der Waals surface area (Å²) in [6.45, 7) is 5.41. The van der Waals surface area contributed by atoms with Gasteiger partial charge in [0.15, 0.2) is 0 Å². The molecule has 6 nitrogen and oxygen atoms in total. The number of hydrogen-bond donors (Lipinski definition) is 1. The lowest BCUT2D eigenvalue weighted by Crippen LogP contribution is -2.53. The zero-order valence-corrected chi connectivity index (χ0v) is 21.4. The molecule has 1 heterocycles. The van der Waals surface area contributed by atoms with Crippen LogP contribution in [0.2, 0.25) is 10.0 Å². The van der Waals surface area contributed by atoms with Crippen molar-refractivity contribution in [1.29, 1.82) is 0 Å². The maximum atomic E-state index is 13.8. The molecule has 0 fully saturated rings. The van der Waals surface area contributed by atoms with Crippen LogP contribution >= 0.6 is 23.2 Å². The van der Waals surface area contributed by atoms with E-state index in [2.05, 4.69) is 5.32 Å². The van der Waals surface area contributed by atoms with Gasteiger partial charge in [0, 0.05) is 39.1 Å². The van der Waals surface area contributed by atoms with Crippen molar-refractivity contribution >= 4 is 57.4 Å². The first kappa shape index (κ1) is 25.0. The van der Waals surface area contributed by atoms with Crippen LogP contribution in [0.4, 0.5) is 5.69 Å². The van der Waals surface area contributed by atoms with Gasteiger partial charge in [0.25, 0.3) is 5.91 Å². The van der Waals surface area contributed by atoms with Gasteiger partial charge in [0.2, 0.25) is 11.8 Å². The van der Waals surface area contributed by atoms with Crippen molar-refractivity contribution in [3.05, 3.63) is 75.8 Å². The van der Waals surface area contributed by atoms with Crippen LogP contribution < -0.4 is 10.2 Å². The van der Waals surface area contributed by atoms with Gasteiger partial charge in [-0.2, -0.15) is 0 Å². The minimum atomic E-state index is -0.756. The SMILES string of the molecule is CC[C@H](C(=O)NC(C)C)N(Cc1c(Cl)cccc1Cl)C(=O)CN1C(=O)c2cccc3cccc1c23. The van der Waals surface area contributed by atoms with Gasteiger partial charge in [-0.3, -0.25) is 19.3 Å². The molecule has 1 N–H and O–H groups in total. The highest BCUT2D eigenvalue weighted by atomic mass is 35.5. The number of benzene rings is 3. The van der Waals surface area contributed by atoms with Crippen LogP contribution in [0.3, 0.4) is 0 Å². The Kier molecular flexibility index (Phi) is 7.33. The second kappa shape index (κ2) is 10.3. The van der Waals surface area contributed by atoms with E-state index < -0.39 is 6.04 Å². The Morgan fingerprint density at radius 3 is 2.26 bits per heavy atom. The number of carbonyl (C=O) groups is 3. The fraction of sp³-hybridized carbons (Fsp3) is 0.296. The summed E-state index contributed by atoms with van der Waals surface area (Å²) in [6, 6.07) is 15.5. The molecular weight excluding hydrogens is 485 g/mol. The van der Waals surface area contributed by atoms with Gasteiger partial charge in [0.1, 0.15) is 12.6 Å². The van der Waals surface area contributed by atoms with E-state index in [-0.39, 0.29) is 36.9 Å². The predicted octanol–water partition coefficient (Wildman–Crippen LogP) is 5.44. The van der Waals surface area contributed by atoms with E-state index in [0.717, 1.165) is 10.8 Å². The Morgan fingerprint density at radius 1 is 1.00 bits per heavy atom. The van der Waals surface area contributed by atoms with Crippen LogP contribution in [-0.2, 0) is 16.1 Å². The van der Waals surface area contributed by atoms with Crippen LogP contribution in [-0.4, -0.2) is 41.2 Å². The molecule has 0 radical (unpaired) electrons. The highest BCUT2D eigenvalue weighted by Gasteiger charge is 2.35. The van der Waals surface area contributed by atoms with Gasteiger partial charge in [-0.1, -0.05) is 60.5 Å². The van der Waals surface area contributed by atoms with Crippen LogP contribution in [0.15, 0.2) is 54.6 Å². The summed E-state index contributed by atoms with van der Waals surface area (Å²) in [5.41, 5.74) is 1.81. The van der Waals surface area contributed by atoms with Crippen LogP contribution in [0, 0.1) is 0 Å². The van der Waals surface area contributed by atoms with Gasteiger partial charge >= 0.3 is 0 Å². The fourth-order valence-electron chi connectivity index (χ4n) is 4.52. The molecule has 1 atom stereocenters. The van der Waals surface area contributed by atoms with Gasteiger partial charge in [0.05, 0.1) is 5.69 Å². The zero-order chi connectivity index (χ0) is 25.3. The highest BCUT2D eigenvalue weighted by Crippen LogP contribution is 2.37. The summed E-state index contributed by atoms with van der Waals surface area (Å²) < 4.78 is 0. The van der Waals surface area contributed by atoms with Crippen molar-refractivity contribution in [2.45, 2.75) is 45.8 Å². The van der Waals surface area contributed by atoms with E-state index in [9.17, 15) is 14.4 Å². The number of halogens is 2. The number of nitrogens with zero attached hydrogens (tertiary/aromatic N) is 2. The molecule has 0 aromatic heterocycles. The lowest BCUT2D eigenvalue weighted by Gasteiger charge is -2.33. The van der Waals surface area contributed by atoms with E-state index >= 15 is 0 Å². The number of hydrogen-bond acceptors (Lipinski definition) is 3. The van der Waals surface area contributed by atoms with Gasteiger partial charge < -0.3 is 10.2 Å². The Morgan fingerprint density at radius 2 is 1.63 bits per heavy atom. The zero-order valence-electron chi connectivity index (χ0n) is 19.8. The highest BCUT2D eigenvalue weighted by molar-refractivity contribution is 6.36. The first-order valence-corrected chi connectivity index (χ1v) is 12.3. The minimum absolute atomic E-state index is 0.0422. The number of carbonyl (C=O) groups excluding carboxylic acids is 3. The largest absolute Gasteiger partial charge is 0.352 e. The van der Waals surface area contributed by atoms with Crippen LogP contribution in [0.25, 0.3) is 10.8 Å². The van der Waals surface area contributed by atoms with Gasteiger partial charge in [-0.15, -0.1) is 0 Å². The van der Waals surface area contributed by atoms with E-state index in [0.29, 0.717) is 33.3 Å². The normalized spacial score (nSPS) is 13.4. The molecule has 0 saturated heterocycles. The summed E-state index contributed by atoms with van der Waals surface area (Å²) in [5, 5.41) is 5.48. The molecule has 4 rings (SSSR count). The molecule has 3 aromatic rings. The van der Waals surface area contributed by atoms with E-state index in [4.69, 9.17) is 23.2 Å². The number of rotatable bonds is 8. The number of anilines is 1. The average molecular weight is 512 g/mol. The van der Waals surface area contributed by atoms with Crippen molar-refractivity contribution in [3.63, 3.8) is 0 Å². The summed E-state index contributed by atoms with van der Waals surface area (Å²) in [5.74, 6) is -0.873. The van der Waals surface area contributed by atoms with E-state index in [1.165, 1.54) is 9.80 Å². The second-order valence-electron chi connectivity index (χ2n) is 8.88. The number of amides is 3. The minimum Gasteiger partial charge on any atom is -0.352 e. The van der Waals surface area contributed by atoms with E-state index in [1.807, 2.05) is 51.1 Å². The molecule has 3 aromatic carbocycles. The number of nitrogens with one attached hydrogen (secondary N) is 1. The Bertz CT molecular complexity index is 1280. The van der Waals surface area contributed by atoms with E-state index in [1.54, 1.807) is 24.3 Å². The van der Waals surface area contributed by atoms with Crippen LogP contribution in [0.1, 0.15) is 43.1 Å². The van der Waals surface area contributed by atoms with Gasteiger partial charge in [-0.25, -0.2) is 0 Å². The monoisotopic (exact) mass is 511 g/mol. The van der Waals surface area contributed by atoms with Crippen LogP contribution in [0.5, 0.6) is 0 Å². The molecule has 182 valence electrons. The molecule has 8 heteroatoms. The molecule has 0 aliphatic carbocycles. The van der Waals surface area contributed by atoms with Crippen molar-refractivity contribution in [1.82, 2.24) is 10.2 Å². The Labute approximate surface area is 214 Å². The molecule has 1 aliphatic heterocycles. The molecule has 0 unspecified atom stereocenters. The van der Waals surface area contributed by atoms with Crippen molar-refractivity contribution < 1.29 is 14.4 Å². The second-order valence-corrected chi connectivity index (χ2v) is 9.70. The molecule has 1 aliphatic rings. The topological polar surface area (TPSA) is 69.7 Å². The quantitative estimate of drug-likeness (QED) is 0.437. The molecule has 0 saturated carbocycles. The van der Waals surface area contributed by atoms with Crippen molar-refractivity contribution in [2.24, 2.45) is 0 Å². The summed E-state index contributed by atoms with van der Waals surface area (Å²) in [7, 11) is 0. The maximum absolute atomic E-state index is 13.8. The third kappa shape index (κ3) is 4.86. The molecule has 0 spiro atoms. The smallest absolute Gasteiger partial charge is 0.259 e. The van der Waals surface area contributed by atoms with Crippen molar-refractivity contribution in [2.75, 3.05) is 11.4 Å². The lowest BCUT2D eigenvalue weighted by molar-refractivity contribution is -0.140. The Balaban J connectivity index is 1.69. The molecular formula is C27H27Cl2N3O3. The molecule has 0 bridgehead atoms. The standard InChI is InChI=1S/C27H27Cl2N3O3/c1-4-22(26(34)30-16(2)3)31(14-19-20(28)11-7-12-21(19)29)24(33)15-32-23-13-6-9-17-8-5-10-18(25(17)23)27(32)35/h5-13,16,22H,4,14-15H2,1-3H3,(H,30,34)/t22-/m1/s1. The fourth-order valence-corrected chi connectivity index (χ4v) is 5.03. The maximum Gasteiger partial charge on any atom is 0.259 e. The average Bonchev–Trinajstić information content (AvgIpc) is 3.08. The third-order valence-corrected chi connectivity index (χ3v) is 6.86. The first-order valence-electron chi connectivity index (χ1n) is 11.6. The van der Waals surface area contributed by atoms with Gasteiger partial charge in [-0.05, 0) is 49.9 Å². The van der Waals surface area contributed by atoms with Crippen molar-refractivity contribution in [3.8, 4) is 0 Å². The first-order chi connectivity index (χ1) is 16.7. The molecule has 35 heavy (non-hydrogen) atoms. The summed E-state index contributed by atoms with van der Waals surface area (Å²) >= 11 is 12.8. The molecule has 3 amide bonds.